The summed E-state index contributed by atoms with van der Waals surface area (Å²) in [5.74, 6) is -0.110. The van der Waals surface area contributed by atoms with Gasteiger partial charge in [-0.1, -0.05) is 0 Å². The Morgan fingerprint density at radius 3 is 2.50 bits per heavy atom. The predicted octanol–water partition coefficient (Wildman–Crippen LogP) is 3.81. The van der Waals surface area contributed by atoms with E-state index in [9.17, 15) is 14.0 Å². The summed E-state index contributed by atoms with van der Waals surface area (Å²) < 4.78 is 22.4. The van der Waals surface area contributed by atoms with Gasteiger partial charge >= 0.3 is 0 Å². The Bertz CT molecular complexity index is 1450. The van der Waals surface area contributed by atoms with Crippen molar-refractivity contribution in [2.24, 2.45) is 0 Å². The zero-order chi connectivity index (χ0) is 23.2. The fourth-order valence-electron chi connectivity index (χ4n) is 4.15. The third-order valence-corrected chi connectivity index (χ3v) is 5.48. The molecule has 1 atom stereocenters. The number of rotatable bonds is 4. The second kappa shape index (κ2) is 7.85. The Labute approximate surface area is 184 Å². The number of fused-ring (bicyclic) bond motifs is 2. The molecule has 0 aliphatic carbocycles. The number of hydrogen-bond donors (Lipinski definition) is 0. The van der Waals surface area contributed by atoms with Crippen molar-refractivity contribution in [3.8, 4) is 5.88 Å². The SMILES string of the molecule is COc1ccc2ccc(=O)n(C(C)Cc3cc(=O)n(C(C)(C)C)c4cc(F)cnc34)c2n1. The van der Waals surface area contributed by atoms with E-state index in [0.29, 0.717) is 34.5 Å². The molecule has 7 nitrogen and oxygen atoms in total. The summed E-state index contributed by atoms with van der Waals surface area (Å²) in [5.41, 5.74) is 1.09. The minimum Gasteiger partial charge on any atom is -0.481 e. The van der Waals surface area contributed by atoms with Gasteiger partial charge < -0.3 is 9.30 Å². The molecule has 0 fully saturated rings. The van der Waals surface area contributed by atoms with Crippen LogP contribution in [0.2, 0.25) is 0 Å². The van der Waals surface area contributed by atoms with Gasteiger partial charge in [0.2, 0.25) is 5.88 Å². The monoisotopic (exact) mass is 436 g/mol. The highest BCUT2D eigenvalue weighted by atomic mass is 19.1. The summed E-state index contributed by atoms with van der Waals surface area (Å²) in [6, 6.07) is 9.31. The van der Waals surface area contributed by atoms with Crippen molar-refractivity contribution in [2.45, 2.75) is 45.7 Å². The molecule has 1 unspecified atom stereocenters. The van der Waals surface area contributed by atoms with E-state index in [0.717, 1.165) is 11.6 Å². The normalized spacial score (nSPS) is 12.9. The van der Waals surface area contributed by atoms with Gasteiger partial charge in [-0.15, -0.1) is 0 Å². The number of halogens is 1. The zero-order valence-corrected chi connectivity index (χ0v) is 18.7. The maximum atomic E-state index is 14.1. The first-order chi connectivity index (χ1) is 15.1. The van der Waals surface area contributed by atoms with Crippen molar-refractivity contribution in [1.29, 1.82) is 0 Å². The molecular formula is C24H25FN4O3. The first-order valence-corrected chi connectivity index (χ1v) is 10.4. The van der Waals surface area contributed by atoms with Gasteiger partial charge in [0.15, 0.2) is 0 Å². The summed E-state index contributed by atoms with van der Waals surface area (Å²) in [6.07, 6.45) is 1.48. The standard InChI is InChI=1S/C24H25FN4O3/c1-14(28-20(30)9-7-15-6-8-19(32-5)27-23(15)28)10-16-11-21(31)29(24(2,3)4)18-12-17(25)13-26-22(16)18/h6-9,11-14H,10H2,1-5H3. The molecule has 4 aromatic heterocycles. The van der Waals surface area contributed by atoms with Crippen LogP contribution < -0.4 is 15.9 Å². The number of pyridine rings is 4. The van der Waals surface area contributed by atoms with Gasteiger partial charge in [0.25, 0.3) is 11.1 Å². The lowest BCUT2D eigenvalue weighted by Gasteiger charge is -2.26. The van der Waals surface area contributed by atoms with Crippen LogP contribution in [0.3, 0.4) is 0 Å². The Morgan fingerprint density at radius 2 is 1.81 bits per heavy atom. The summed E-state index contributed by atoms with van der Waals surface area (Å²) in [7, 11) is 1.52. The highest BCUT2D eigenvalue weighted by Gasteiger charge is 2.22. The van der Waals surface area contributed by atoms with Gasteiger partial charge in [0.1, 0.15) is 11.5 Å². The molecule has 166 valence electrons. The second-order valence-corrected chi connectivity index (χ2v) is 8.90. The molecular weight excluding hydrogens is 411 g/mol. The summed E-state index contributed by atoms with van der Waals surface area (Å²) in [5, 5.41) is 0.797. The van der Waals surface area contributed by atoms with Crippen LogP contribution in [-0.4, -0.2) is 26.2 Å². The number of methoxy groups -OCH3 is 1. The molecule has 0 amide bonds. The molecule has 0 aliphatic heterocycles. The Hall–Kier alpha value is -3.55. The zero-order valence-electron chi connectivity index (χ0n) is 18.7. The highest BCUT2D eigenvalue weighted by molar-refractivity contribution is 5.79. The van der Waals surface area contributed by atoms with Crippen molar-refractivity contribution in [2.75, 3.05) is 7.11 Å². The fraction of sp³-hybridized carbons (Fsp3) is 0.333. The third-order valence-electron chi connectivity index (χ3n) is 5.48. The number of ether oxygens (including phenoxy) is 1. The van der Waals surface area contributed by atoms with Gasteiger partial charge in [-0.05, 0) is 51.8 Å². The van der Waals surface area contributed by atoms with Crippen LogP contribution in [-0.2, 0) is 12.0 Å². The molecule has 32 heavy (non-hydrogen) atoms. The van der Waals surface area contributed by atoms with Crippen LogP contribution in [0, 0.1) is 5.82 Å². The van der Waals surface area contributed by atoms with Crippen molar-refractivity contribution in [3.63, 3.8) is 0 Å². The molecule has 8 heteroatoms. The summed E-state index contributed by atoms with van der Waals surface area (Å²) in [6.45, 7) is 7.54. The average molecular weight is 436 g/mol. The third kappa shape index (κ3) is 3.77. The Morgan fingerprint density at radius 1 is 1.09 bits per heavy atom. The Balaban J connectivity index is 1.89. The topological polar surface area (TPSA) is 79.0 Å². The van der Waals surface area contributed by atoms with Gasteiger partial charge in [0.05, 0.1) is 24.3 Å². The van der Waals surface area contributed by atoms with Crippen LogP contribution in [0.25, 0.3) is 22.1 Å². The molecule has 0 N–H and O–H groups in total. The molecule has 0 aromatic carbocycles. The molecule has 0 bridgehead atoms. The number of nitrogens with zero attached hydrogens (tertiary/aromatic N) is 4. The van der Waals surface area contributed by atoms with E-state index >= 15 is 0 Å². The van der Waals surface area contributed by atoms with Gasteiger partial charge in [-0.3, -0.25) is 19.1 Å². The largest absolute Gasteiger partial charge is 0.481 e. The summed E-state index contributed by atoms with van der Waals surface area (Å²) in [4.78, 5) is 34.5. The van der Waals surface area contributed by atoms with E-state index in [4.69, 9.17) is 4.74 Å². The highest BCUT2D eigenvalue weighted by Crippen LogP contribution is 2.26. The Kier molecular flexibility index (Phi) is 5.32. The molecule has 0 saturated carbocycles. The minimum absolute atomic E-state index is 0.211. The van der Waals surface area contributed by atoms with Crippen molar-refractivity contribution >= 4 is 22.1 Å². The van der Waals surface area contributed by atoms with Crippen molar-refractivity contribution in [1.82, 2.24) is 19.1 Å². The smallest absolute Gasteiger partial charge is 0.252 e. The fourth-order valence-corrected chi connectivity index (χ4v) is 4.15. The van der Waals surface area contributed by atoms with E-state index in [-0.39, 0.29) is 17.2 Å². The molecule has 0 spiro atoms. The maximum absolute atomic E-state index is 14.1. The lowest BCUT2D eigenvalue weighted by atomic mass is 10.0. The molecule has 0 aliphatic rings. The van der Waals surface area contributed by atoms with E-state index in [1.165, 1.54) is 25.3 Å². The molecule has 0 saturated heterocycles. The lowest BCUT2D eigenvalue weighted by Crippen LogP contribution is -2.34. The first-order valence-electron chi connectivity index (χ1n) is 10.4. The molecule has 4 rings (SSSR count). The first kappa shape index (κ1) is 21.7. The number of aromatic nitrogens is 4. The minimum atomic E-state index is -0.554. The van der Waals surface area contributed by atoms with Crippen molar-refractivity contribution < 1.29 is 9.13 Å². The molecule has 4 heterocycles. The van der Waals surface area contributed by atoms with E-state index < -0.39 is 11.4 Å². The van der Waals surface area contributed by atoms with Gasteiger partial charge in [-0.2, -0.15) is 4.98 Å². The predicted molar refractivity (Wildman–Crippen MR) is 122 cm³/mol. The van der Waals surface area contributed by atoms with Crippen LogP contribution >= 0.6 is 0 Å². The van der Waals surface area contributed by atoms with Gasteiger partial charge in [0, 0.05) is 41.2 Å². The molecule has 4 aromatic rings. The van der Waals surface area contributed by atoms with Crippen LogP contribution in [0.1, 0.15) is 39.3 Å². The summed E-state index contributed by atoms with van der Waals surface area (Å²) >= 11 is 0. The average Bonchev–Trinajstić information content (AvgIpc) is 2.71. The van der Waals surface area contributed by atoms with Crippen LogP contribution in [0.5, 0.6) is 5.88 Å². The van der Waals surface area contributed by atoms with Crippen LogP contribution in [0.4, 0.5) is 4.39 Å². The van der Waals surface area contributed by atoms with E-state index in [2.05, 4.69) is 9.97 Å². The number of hydrogen-bond acceptors (Lipinski definition) is 5. The van der Waals surface area contributed by atoms with Crippen molar-refractivity contribution in [3.05, 3.63) is 74.7 Å². The van der Waals surface area contributed by atoms with E-state index in [1.54, 1.807) is 21.3 Å². The van der Waals surface area contributed by atoms with E-state index in [1.807, 2.05) is 33.8 Å². The lowest BCUT2D eigenvalue weighted by molar-refractivity contribution is 0.396. The maximum Gasteiger partial charge on any atom is 0.252 e. The van der Waals surface area contributed by atoms with Crippen LogP contribution in [0.15, 0.2) is 52.2 Å². The molecule has 0 radical (unpaired) electrons. The van der Waals surface area contributed by atoms with Gasteiger partial charge in [-0.25, -0.2) is 4.39 Å². The second-order valence-electron chi connectivity index (χ2n) is 8.90. The quantitative estimate of drug-likeness (QED) is 0.486.